The number of benzene rings is 1. The maximum absolute atomic E-state index is 11.7. The molecule has 1 fully saturated rings. The highest BCUT2D eigenvalue weighted by atomic mass is 16.5. The van der Waals surface area contributed by atoms with Gasteiger partial charge in [-0.15, -0.1) is 0 Å². The predicted octanol–water partition coefficient (Wildman–Crippen LogP) is 2.08. The van der Waals surface area contributed by atoms with E-state index < -0.39 is 24.3 Å². The van der Waals surface area contributed by atoms with Crippen molar-refractivity contribution >= 4 is 6.09 Å². The second-order valence-corrected chi connectivity index (χ2v) is 5.31. The van der Waals surface area contributed by atoms with Crippen molar-refractivity contribution in [1.29, 1.82) is 0 Å². The summed E-state index contributed by atoms with van der Waals surface area (Å²) in [6.07, 6.45) is -1.70. The Morgan fingerprint density at radius 3 is 2.87 bits per heavy atom. The molecule has 0 bridgehead atoms. The normalized spacial score (nSPS) is 24.4. The van der Waals surface area contributed by atoms with E-state index in [0.717, 1.165) is 5.56 Å². The van der Waals surface area contributed by atoms with Crippen LogP contribution in [-0.2, 0) is 16.1 Å². The van der Waals surface area contributed by atoms with E-state index in [2.05, 4.69) is 10.0 Å². The van der Waals surface area contributed by atoms with Crippen molar-refractivity contribution in [2.24, 2.45) is 5.11 Å². The fourth-order valence-corrected chi connectivity index (χ4v) is 2.58. The number of rotatable bonds is 4. The maximum atomic E-state index is 11.7. The molecule has 3 atom stereocenters. The third-order valence-electron chi connectivity index (χ3n) is 3.78. The number of aliphatic hydroxyl groups is 1. The molecule has 1 N–H and O–H groups in total. The van der Waals surface area contributed by atoms with Crippen molar-refractivity contribution in [3.63, 3.8) is 0 Å². The first-order valence-electron chi connectivity index (χ1n) is 7.36. The maximum Gasteiger partial charge on any atom is 0.409 e. The lowest BCUT2D eigenvalue weighted by molar-refractivity contribution is -0.0545. The lowest BCUT2D eigenvalue weighted by Gasteiger charge is -2.26. The molecule has 8 heteroatoms. The lowest BCUT2D eigenvalue weighted by Crippen LogP contribution is -2.42. The molecule has 124 valence electrons. The molecule has 1 amide bonds. The highest BCUT2D eigenvalue weighted by Gasteiger charge is 2.35. The number of methoxy groups -OCH3 is 1. The molecule has 1 saturated heterocycles. The lowest BCUT2D eigenvalue weighted by atomic mass is 10.1. The molecule has 1 aromatic carbocycles. The summed E-state index contributed by atoms with van der Waals surface area (Å²) in [4.78, 5) is 15.9. The average Bonchev–Trinajstić information content (AvgIpc) is 2.73. The number of azide groups is 1. The second kappa shape index (κ2) is 8.38. The molecule has 1 aromatic rings. The molecule has 1 heterocycles. The summed E-state index contributed by atoms with van der Waals surface area (Å²) < 4.78 is 10.5. The second-order valence-electron chi connectivity index (χ2n) is 5.31. The summed E-state index contributed by atoms with van der Waals surface area (Å²) in [7, 11) is 1.29. The van der Waals surface area contributed by atoms with Gasteiger partial charge in [-0.3, -0.25) is 0 Å². The molecule has 0 aromatic heterocycles. The molecule has 8 nitrogen and oxygen atoms in total. The Hall–Kier alpha value is -2.28. The number of amides is 1. The highest BCUT2D eigenvalue weighted by Crippen LogP contribution is 2.20. The minimum absolute atomic E-state index is 0.146. The fraction of sp³-hybridized carbons (Fsp3) is 0.533. The van der Waals surface area contributed by atoms with Gasteiger partial charge in [-0.05, 0) is 17.5 Å². The van der Waals surface area contributed by atoms with Crippen molar-refractivity contribution < 1.29 is 19.4 Å². The van der Waals surface area contributed by atoms with Gasteiger partial charge in [0, 0.05) is 18.0 Å². The van der Waals surface area contributed by atoms with Crippen LogP contribution in [0.5, 0.6) is 0 Å². The summed E-state index contributed by atoms with van der Waals surface area (Å²) >= 11 is 0. The van der Waals surface area contributed by atoms with Crippen LogP contribution < -0.4 is 0 Å². The van der Waals surface area contributed by atoms with Gasteiger partial charge in [0.2, 0.25) is 0 Å². The zero-order valence-electron chi connectivity index (χ0n) is 12.9. The summed E-state index contributed by atoms with van der Waals surface area (Å²) in [5.41, 5.74) is 9.72. The number of nitrogens with zero attached hydrogens (tertiary/aromatic N) is 4. The van der Waals surface area contributed by atoms with Gasteiger partial charge in [-0.1, -0.05) is 35.4 Å². The first kappa shape index (κ1) is 17.1. The molecule has 0 aliphatic carbocycles. The predicted molar refractivity (Wildman–Crippen MR) is 82.6 cm³/mol. The number of hydrogen-bond acceptors (Lipinski definition) is 5. The SMILES string of the molecule is COC(=O)N1CC[C@@H](O)[C@@H](OCc2ccccc2)[C@H](N=[N+]=[N-])C1. The van der Waals surface area contributed by atoms with E-state index >= 15 is 0 Å². The Morgan fingerprint density at radius 2 is 2.22 bits per heavy atom. The van der Waals surface area contributed by atoms with E-state index in [1.165, 1.54) is 12.0 Å². The van der Waals surface area contributed by atoms with Gasteiger partial charge in [-0.2, -0.15) is 0 Å². The van der Waals surface area contributed by atoms with Crippen molar-refractivity contribution in [3.05, 3.63) is 46.3 Å². The van der Waals surface area contributed by atoms with Crippen LogP contribution in [0.3, 0.4) is 0 Å². The molecular formula is C15H20N4O4. The number of carbonyl (C=O) groups is 1. The summed E-state index contributed by atoms with van der Waals surface area (Å²) in [5, 5.41) is 14.0. The van der Waals surface area contributed by atoms with Crippen LogP contribution >= 0.6 is 0 Å². The van der Waals surface area contributed by atoms with E-state index in [0.29, 0.717) is 13.0 Å². The van der Waals surface area contributed by atoms with Crippen LogP contribution in [0.4, 0.5) is 4.79 Å². The van der Waals surface area contributed by atoms with E-state index in [4.69, 9.17) is 15.0 Å². The van der Waals surface area contributed by atoms with Crippen molar-refractivity contribution in [2.45, 2.75) is 31.3 Å². The monoisotopic (exact) mass is 320 g/mol. The zero-order valence-corrected chi connectivity index (χ0v) is 12.9. The van der Waals surface area contributed by atoms with Gasteiger partial charge >= 0.3 is 6.09 Å². The van der Waals surface area contributed by atoms with Gasteiger partial charge in [0.1, 0.15) is 0 Å². The van der Waals surface area contributed by atoms with Gasteiger partial charge in [0.15, 0.2) is 0 Å². The van der Waals surface area contributed by atoms with Crippen LogP contribution in [0.15, 0.2) is 35.4 Å². The van der Waals surface area contributed by atoms with Crippen LogP contribution in [0.1, 0.15) is 12.0 Å². The molecule has 23 heavy (non-hydrogen) atoms. The van der Waals surface area contributed by atoms with Crippen LogP contribution in [0.2, 0.25) is 0 Å². The number of aliphatic hydroxyl groups excluding tert-OH is 1. The van der Waals surface area contributed by atoms with E-state index in [1.54, 1.807) is 0 Å². The van der Waals surface area contributed by atoms with Gasteiger partial charge in [0.05, 0.1) is 32.0 Å². The molecule has 0 radical (unpaired) electrons. The highest BCUT2D eigenvalue weighted by molar-refractivity contribution is 5.67. The first-order valence-corrected chi connectivity index (χ1v) is 7.36. The Kier molecular flexibility index (Phi) is 6.22. The molecule has 0 unspecified atom stereocenters. The standard InChI is InChI=1S/C15H20N4O4/c1-22-15(21)19-8-7-13(20)14(12(9-19)17-18-16)23-10-11-5-3-2-4-6-11/h2-6,12-14,20H,7-10H2,1H3/t12-,13-,14+/m1/s1. The number of likely N-dealkylation sites (tertiary alicyclic amines) is 1. The fourth-order valence-electron chi connectivity index (χ4n) is 2.58. The zero-order chi connectivity index (χ0) is 16.7. The van der Waals surface area contributed by atoms with E-state index in [1.807, 2.05) is 30.3 Å². The molecule has 0 saturated carbocycles. The smallest absolute Gasteiger partial charge is 0.409 e. The average molecular weight is 320 g/mol. The quantitative estimate of drug-likeness (QED) is 0.520. The van der Waals surface area contributed by atoms with Crippen molar-refractivity contribution in [2.75, 3.05) is 20.2 Å². The van der Waals surface area contributed by atoms with Crippen LogP contribution in [0.25, 0.3) is 10.4 Å². The van der Waals surface area contributed by atoms with Crippen LogP contribution in [-0.4, -0.2) is 54.5 Å². The van der Waals surface area contributed by atoms with E-state index in [-0.39, 0.29) is 13.2 Å². The molecule has 1 aliphatic heterocycles. The molecule has 1 aliphatic rings. The topological polar surface area (TPSA) is 108 Å². The Balaban J connectivity index is 2.10. The molecule has 0 spiro atoms. The van der Waals surface area contributed by atoms with Crippen LogP contribution in [0, 0.1) is 0 Å². The van der Waals surface area contributed by atoms with Crippen molar-refractivity contribution in [1.82, 2.24) is 4.90 Å². The van der Waals surface area contributed by atoms with Gasteiger partial charge < -0.3 is 19.5 Å². The summed E-state index contributed by atoms with van der Waals surface area (Å²) in [6, 6.07) is 8.83. The molecule has 2 rings (SSSR count). The van der Waals surface area contributed by atoms with E-state index in [9.17, 15) is 9.90 Å². The van der Waals surface area contributed by atoms with Gasteiger partial charge in [0.25, 0.3) is 0 Å². The Bertz CT molecular complexity index is 562. The minimum atomic E-state index is -0.830. The minimum Gasteiger partial charge on any atom is -0.453 e. The summed E-state index contributed by atoms with van der Waals surface area (Å²) in [6.45, 7) is 0.752. The third-order valence-corrected chi connectivity index (χ3v) is 3.78. The number of hydrogen-bond donors (Lipinski definition) is 1. The first-order chi connectivity index (χ1) is 11.2. The van der Waals surface area contributed by atoms with Gasteiger partial charge in [-0.25, -0.2) is 4.79 Å². The Morgan fingerprint density at radius 1 is 1.48 bits per heavy atom. The summed E-state index contributed by atoms with van der Waals surface area (Å²) in [5.74, 6) is 0. The third kappa shape index (κ3) is 4.59. The van der Waals surface area contributed by atoms with Crippen molar-refractivity contribution in [3.8, 4) is 0 Å². The Labute approximate surface area is 134 Å². The largest absolute Gasteiger partial charge is 0.453 e. The number of carbonyl (C=O) groups excluding carboxylic acids is 1. The molecular weight excluding hydrogens is 300 g/mol. The number of ether oxygens (including phenoxy) is 2.